The van der Waals surface area contributed by atoms with E-state index >= 15 is 0 Å². The third-order valence-electron chi connectivity index (χ3n) is 3.34. The van der Waals surface area contributed by atoms with Crippen LogP contribution in [0.15, 0.2) is 12.4 Å². The third-order valence-corrected chi connectivity index (χ3v) is 3.34. The average Bonchev–Trinajstić information content (AvgIpc) is 3.04. The van der Waals surface area contributed by atoms with E-state index in [0.29, 0.717) is 18.1 Å². The zero-order valence-electron chi connectivity index (χ0n) is 12.8. The fraction of sp³-hybridized carbons (Fsp3) is 0.538. The Balaban J connectivity index is 1.67. The van der Waals surface area contributed by atoms with Crippen molar-refractivity contribution in [1.29, 1.82) is 0 Å². The molecule has 1 fully saturated rings. The van der Waals surface area contributed by atoms with Crippen molar-refractivity contribution in [2.24, 2.45) is 0 Å². The lowest BCUT2D eigenvalue weighted by Gasteiger charge is -2.27. The van der Waals surface area contributed by atoms with Crippen molar-refractivity contribution in [3.63, 3.8) is 0 Å². The van der Waals surface area contributed by atoms with E-state index in [-0.39, 0.29) is 6.54 Å². The highest BCUT2D eigenvalue weighted by Crippen LogP contribution is 2.14. The Morgan fingerprint density at radius 2 is 2.13 bits per heavy atom. The molecule has 3 rings (SSSR count). The number of nitrogens with zero attached hydrogens (tertiary/aromatic N) is 7. The summed E-state index contributed by atoms with van der Waals surface area (Å²) >= 11 is 0. The number of carbonyl (C=O) groups excluding carboxylic acids is 1. The minimum absolute atomic E-state index is 0.0763. The van der Waals surface area contributed by atoms with Gasteiger partial charge in [0.05, 0.1) is 19.0 Å². The molecule has 2 aromatic rings. The first-order chi connectivity index (χ1) is 11.3. The minimum atomic E-state index is -0.406. The van der Waals surface area contributed by atoms with Gasteiger partial charge in [0.1, 0.15) is 11.5 Å². The lowest BCUT2D eigenvalue weighted by atomic mass is 10.3. The first-order valence-electron chi connectivity index (χ1n) is 7.48. The van der Waals surface area contributed by atoms with Crippen LogP contribution in [0.5, 0.6) is 0 Å². The van der Waals surface area contributed by atoms with Gasteiger partial charge in [0.2, 0.25) is 5.82 Å². The van der Waals surface area contributed by atoms with Crippen LogP contribution in [0.1, 0.15) is 6.92 Å². The number of tetrazole rings is 1. The molecule has 23 heavy (non-hydrogen) atoms. The highest BCUT2D eigenvalue weighted by molar-refractivity contribution is 5.68. The molecule has 1 saturated heterocycles. The summed E-state index contributed by atoms with van der Waals surface area (Å²) in [6.07, 6.45) is 3.32. The van der Waals surface area contributed by atoms with Gasteiger partial charge >= 0.3 is 5.97 Å². The largest absolute Gasteiger partial charge is 0.465 e. The zero-order valence-corrected chi connectivity index (χ0v) is 12.8. The number of esters is 1. The fourth-order valence-electron chi connectivity index (χ4n) is 2.23. The van der Waals surface area contributed by atoms with Crippen LogP contribution in [0.3, 0.4) is 0 Å². The number of carbonyl (C=O) groups is 1. The highest BCUT2D eigenvalue weighted by atomic mass is 16.5. The number of aromatic nitrogens is 6. The molecule has 0 aliphatic carbocycles. The molecule has 1 N–H and O–H groups in total. The highest BCUT2D eigenvalue weighted by Gasteiger charge is 2.14. The van der Waals surface area contributed by atoms with Crippen LogP contribution in [-0.4, -0.2) is 68.9 Å². The summed E-state index contributed by atoms with van der Waals surface area (Å²) in [5.74, 6) is 0.749. The standard InChI is InChI=1S/C13H18N8O2/c1-2-23-12(22)9-21-18-13(17-19-21)10-7-16-11(8-15-10)20-5-3-14-4-6-20/h7-8,14H,2-6,9H2,1H3. The fourth-order valence-corrected chi connectivity index (χ4v) is 2.23. The summed E-state index contributed by atoms with van der Waals surface area (Å²) in [5.41, 5.74) is 0.513. The predicted molar refractivity (Wildman–Crippen MR) is 80.6 cm³/mol. The normalized spacial score (nSPS) is 14.7. The van der Waals surface area contributed by atoms with Gasteiger partial charge in [-0.3, -0.25) is 0 Å². The van der Waals surface area contributed by atoms with Gasteiger partial charge in [-0.2, -0.15) is 4.80 Å². The molecule has 0 aromatic carbocycles. The lowest BCUT2D eigenvalue weighted by Crippen LogP contribution is -2.43. The lowest BCUT2D eigenvalue weighted by molar-refractivity contribution is -0.144. The number of rotatable bonds is 5. The van der Waals surface area contributed by atoms with Crippen molar-refractivity contribution < 1.29 is 9.53 Å². The molecule has 3 heterocycles. The summed E-state index contributed by atoms with van der Waals surface area (Å²) < 4.78 is 4.84. The topological polar surface area (TPSA) is 111 Å². The number of piperazine rings is 1. The number of nitrogens with one attached hydrogen (secondary N) is 1. The van der Waals surface area contributed by atoms with E-state index in [9.17, 15) is 4.79 Å². The Morgan fingerprint density at radius 3 is 2.83 bits per heavy atom. The van der Waals surface area contributed by atoms with Crippen molar-refractivity contribution in [2.45, 2.75) is 13.5 Å². The molecule has 0 atom stereocenters. The Morgan fingerprint density at radius 1 is 1.30 bits per heavy atom. The Hall–Kier alpha value is -2.62. The quantitative estimate of drug-likeness (QED) is 0.701. The molecule has 0 spiro atoms. The number of hydrogen-bond acceptors (Lipinski definition) is 9. The first kappa shape index (κ1) is 15.3. The van der Waals surface area contributed by atoms with Crippen LogP contribution in [-0.2, 0) is 16.1 Å². The van der Waals surface area contributed by atoms with E-state index in [1.165, 1.54) is 4.80 Å². The van der Waals surface area contributed by atoms with Gasteiger partial charge in [-0.15, -0.1) is 10.2 Å². The van der Waals surface area contributed by atoms with E-state index in [1.807, 2.05) is 0 Å². The maximum absolute atomic E-state index is 11.4. The van der Waals surface area contributed by atoms with Crippen LogP contribution in [0, 0.1) is 0 Å². The summed E-state index contributed by atoms with van der Waals surface area (Å²) in [7, 11) is 0. The van der Waals surface area contributed by atoms with Crippen LogP contribution < -0.4 is 10.2 Å². The van der Waals surface area contributed by atoms with Crippen LogP contribution >= 0.6 is 0 Å². The molecule has 122 valence electrons. The molecule has 0 radical (unpaired) electrons. The Kier molecular flexibility index (Phi) is 4.71. The molecule has 1 aliphatic rings. The van der Waals surface area contributed by atoms with Crippen molar-refractivity contribution in [3.05, 3.63) is 12.4 Å². The SMILES string of the molecule is CCOC(=O)Cn1nnc(-c2cnc(N3CCNCC3)cn2)n1. The number of anilines is 1. The molecule has 0 saturated carbocycles. The monoisotopic (exact) mass is 318 g/mol. The molecule has 0 bridgehead atoms. The van der Waals surface area contributed by atoms with Gasteiger partial charge in [0.15, 0.2) is 6.54 Å². The molecular formula is C13H18N8O2. The van der Waals surface area contributed by atoms with Gasteiger partial charge in [-0.05, 0) is 12.1 Å². The molecular weight excluding hydrogens is 300 g/mol. The van der Waals surface area contributed by atoms with Crippen molar-refractivity contribution in [3.8, 4) is 11.5 Å². The molecule has 1 aliphatic heterocycles. The summed E-state index contributed by atoms with van der Waals surface area (Å²) in [4.78, 5) is 23.5. The second-order valence-corrected chi connectivity index (χ2v) is 4.95. The van der Waals surface area contributed by atoms with Crippen LogP contribution in [0.25, 0.3) is 11.5 Å². The van der Waals surface area contributed by atoms with Gasteiger partial charge in [-0.1, -0.05) is 0 Å². The van der Waals surface area contributed by atoms with Gasteiger partial charge < -0.3 is 15.0 Å². The van der Waals surface area contributed by atoms with Gasteiger partial charge in [0, 0.05) is 26.2 Å². The Labute approximate surface area is 132 Å². The van der Waals surface area contributed by atoms with Crippen molar-refractivity contribution >= 4 is 11.8 Å². The van der Waals surface area contributed by atoms with Crippen molar-refractivity contribution in [1.82, 2.24) is 35.5 Å². The van der Waals surface area contributed by atoms with E-state index in [0.717, 1.165) is 32.0 Å². The maximum atomic E-state index is 11.4. The number of hydrogen-bond donors (Lipinski definition) is 1. The minimum Gasteiger partial charge on any atom is -0.465 e. The van der Waals surface area contributed by atoms with Crippen LogP contribution in [0.2, 0.25) is 0 Å². The van der Waals surface area contributed by atoms with E-state index in [1.54, 1.807) is 19.3 Å². The average molecular weight is 318 g/mol. The first-order valence-corrected chi connectivity index (χ1v) is 7.48. The smallest absolute Gasteiger partial charge is 0.329 e. The second kappa shape index (κ2) is 7.09. The second-order valence-electron chi connectivity index (χ2n) is 4.95. The predicted octanol–water partition coefficient (Wildman–Crippen LogP) is -0.897. The Bertz CT molecular complexity index is 650. The summed E-state index contributed by atoms with van der Waals surface area (Å²) in [6, 6.07) is 0. The van der Waals surface area contributed by atoms with E-state index in [2.05, 4.69) is 35.6 Å². The molecule has 10 nitrogen and oxygen atoms in total. The van der Waals surface area contributed by atoms with E-state index in [4.69, 9.17) is 4.74 Å². The molecule has 10 heteroatoms. The number of ether oxygens (including phenoxy) is 1. The van der Waals surface area contributed by atoms with Crippen molar-refractivity contribution in [2.75, 3.05) is 37.7 Å². The molecule has 2 aromatic heterocycles. The zero-order chi connectivity index (χ0) is 16.1. The molecule has 0 unspecified atom stereocenters. The summed E-state index contributed by atoms with van der Waals surface area (Å²) in [5, 5.41) is 15.1. The van der Waals surface area contributed by atoms with Gasteiger partial charge in [-0.25, -0.2) is 14.8 Å². The third kappa shape index (κ3) is 3.77. The van der Waals surface area contributed by atoms with Gasteiger partial charge in [0.25, 0.3) is 0 Å². The maximum Gasteiger partial charge on any atom is 0.329 e. The molecule has 0 amide bonds. The van der Waals surface area contributed by atoms with E-state index < -0.39 is 5.97 Å². The summed E-state index contributed by atoms with van der Waals surface area (Å²) in [6.45, 7) is 5.67. The van der Waals surface area contributed by atoms with Crippen LogP contribution in [0.4, 0.5) is 5.82 Å².